The summed E-state index contributed by atoms with van der Waals surface area (Å²) in [6, 6.07) is 18.6. The van der Waals surface area contributed by atoms with Gasteiger partial charge in [0.1, 0.15) is 11.2 Å². The minimum atomic E-state index is -1.05. The first-order valence-corrected chi connectivity index (χ1v) is 10.1. The minimum Gasteiger partial charge on any atom is -0.351 e. The molecule has 2 saturated heterocycles. The molecule has 7 nitrogen and oxygen atoms in total. The van der Waals surface area contributed by atoms with Crippen LogP contribution in [-0.4, -0.2) is 51.3 Å². The van der Waals surface area contributed by atoms with Gasteiger partial charge in [0.05, 0.1) is 13.1 Å². The molecule has 7 heteroatoms. The van der Waals surface area contributed by atoms with Gasteiger partial charge in [-0.05, 0) is 30.5 Å². The van der Waals surface area contributed by atoms with Crippen LogP contribution in [0.5, 0.6) is 0 Å². The van der Waals surface area contributed by atoms with Gasteiger partial charge < -0.3 is 15.2 Å². The van der Waals surface area contributed by atoms with Gasteiger partial charge in [-0.15, -0.1) is 0 Å². The number of H-pyrrole nitrogens is 1. The molecule has 3 heterocycles. The molecule has 0 radical (unpaired) electrons. The number of benzene rings is 2. The summed E-state index contributed by atoms with van der Waals surface area (Å²) in [7, 11) is 0. The van der Waals surface area contributed by atoms with Crippen molar-refractivity contribution in [1.82, 2.24) is 20.1 Å². The Balaban J connectivity index is 1.37. The molecule has 30 heavy (non-hydrogen) atoms. The first-order valence-electron chi connectivity index (χ1n) is 10.1. The van der Waals surface area contributed by atoms with Crippen molar-refractivity contribution in [1.29, 1.82) is 0 Å². The Kier molecular flexibility index (Phi) is 4.31. The highest BCUT2D eigenvalue weighted by molar-refractivity contribution is 6.08. The van der Waals surface area contributed by atoms with Gasteiger partial charge in [-0.1, -0.05) is 48.5 Å². The van der Waals surface area contributed by atoms with Crippen molar-refractivity contribution in [3.05, 3.63) is 71.9 Å². The van der Waals surface area contributed by atoms with E-state index in [2.05, 4.69) is 10.3 Å². The third kappa shape index (κ3) is 3.03. The van der Waals surface area contributed by atoms with Crippen LogP contribution in [0.3, 0.4) is 0 Å². The number of rotatable bonds is 3. The molecular weight excluding hydrogens is 380 g/mol. The number of hydrogen-bond acceptors (Lipinski definition) is 3. The van der Waals surface area contributed by atoms with Crippen LogP contribution in [0.2, 0.25) is 0 Å². The lowest BCUT2D eigenvalue weighted by molar-refractivity contribution is -0.133. The van der Waals surface area contributed by atoms with Crippen LogP contribution in [0.4, 0.5) is 4.79 Å². The maximum atomic E-state index is 13.2. The largest absolute Gasteiger partial charge is 0.351 e. The second-order valence-corrected chi connectivity index (χ2v) is 7.99. The number of aromatic amines is 1. The lowest BCUT2D eigenvalue weighted by atomic mass is 9.88. The molecule has 0 aliphatic carbocycles. The highest BCUT2D eigenvalue weighted by atomic mass is 16.2. The predicted octanol–water partition coefficient (Wildman–Crippen LogP) is 2.89. The summed E-state index contributed by atoms with van der Waals surface area (Å²) in [6.07, 6.45) is 1.18. The standard InChI is InChI=1S/C23H22N4O3/c28-20(19-13-17-9-4-5-10-18(17)24-19)26-12-6-11-23(15-26)21(29)27(22(30)25-23)14-16-7-2-1-3-8-16/h1-5,7-10,13,24H,6,11-12,14-15H2,(H,25,30). The number of carbonyl (C=O) groups is 3. The lowest BCUT2D eigenvalue weighted by Gasteiger charge is -2.38. The van der Waals surface area contributed by atoms with Crippen molar-refractivity contribution in [2.45, 2.75) is 24.9 Å². The Labute approximate surface area is 173 Å². The number of imide groups is 1. The molecule has 152 valence electrons. The van der Waals surface area contributed by atoms with E-state index in [0.29, 0.717) is 25.1 Å². The van der Waals surface area contributed by atoms with E-state index in [9.17, 15) is 14.4 Å². The third-order valence-corrected chi connectivity index (χ3v) is 5.97. The van der Waals surface area contributed by atoms with Gasteiger partial charge in [-0.25, -0.2) is 4.79 Å². The molecule has 3 aromatic rings. The van der Waals surface area contributed by atoms with Crippen molar-refractivity contribution in [3.63, 3.8) is 0 Å². The number of likely N-dealkylation sites (tertiary alicyclic amines) is 1. The Hall–Kier alpha value is -3.61. The first-order chi connectivity index (χ1) is 14.6. The molecule has 2 fully saturated rings. The van der Waals surface area contributed by atoms with E-state index in [1.54, 1.807) is 4.90 Å². The summed E-state index contributed by atoms with van der Waals surface area (Å²) in [5.41, 5.74) is 1.23. The zero-order chi connectivity index (χ0) is 20.7. The van der Waals surface area contributed by atoms with Crippen LogP contribution in [-0.2, 0) is 11.3 Å². The molecule has 1 unspecified atom stereocenters. The number of amides is 4. The Bertz CT molecular complexity index is 1110. The number of aromatic nitrogens is 1. The average molecular weight is 402 g/mol. The van der Waals surface area contributed by atoms with Crippen molar-refractivity contribution in [3.8, 4) is 0 Å². The van der Waals surface area contributed by atoms with Gasteiger partial charge in [0, 0.05) is 17.4 Å². The van der Waals surface area contributed by atoms with Crippen LogP contribution < -0.4 is 5.32 Å². The fraction of sp³-hybridized carbons (Fsp3) is 0.261. The van der Waals surface area contributed by atoms with Gasteiger partial charge in [-0.2, -0.15) is 0 Å². The number of fused-ring (bicyclic) bond motifs is 1. The maximum Gasteiger partial charge on any atom is 0.325 e. The van der Waals surface area contributed by atoms with Gasteiger partial charge in [0.15, 0.2) is 0 Å². The van der Waals surface area contributed by atoms with E-state index >= 15 is 0 Å². The number of piperidine rings is 1. The van der Waals surface area contributed by atoms with Crippen LogP contribution in [0.15, 0.2) is 60.7 Å². The zero-order valence-corrected chi connectivity index (χ0v) is 16.4. The maximum absolute atomic E-state index is 13.2. The predicted molar refractivity (Wildman–Crippen MR) is 112 cm³/mol. The van der Waals surface area contributed by atoms with E-state index in [1.807, 2.05) is 60.7 Å². The van der Waals surface area contributed by atoms with Gasteiger partial charge in [-0.3, -0.25) is 14.5 Å². The molecule has 2 aliphatic rings. The highest BCUT2D eigenvalue weighted by Crippen LogP contribution is 2.30. The molecule has 2 N–H and O–H groups in total. The van der Waals surface area contributed by atoms with E-state index in [0.717, 1.165) is 16.5 Å². The molecule has 1 aromatic heterocycles. The minimum absolute atomic E-state index is 0.158. The number of nitrogens with one attached hydrogen (secondary N) is 2. The van der Waals surface area contributed by atoms with Crippen LogP contribution in [0, 0.1) is 0 Å². The Morgan fingerprint density at radius 1 is 1.03 bits per heavy atom. The zero-order valence-electron chi connectivity index (χ0n) is 16.4. The van der Waals surface area contributed by atoms with E-state index < -0.39 is 11.6 Å². The third-order valence-electron chi connectivity index (χ3n) is 5.97. The lowest BCUT2D eigenvalue weighted by Crippen LogP contribution is -2.59. The van der Waals surface area contributed by atoms with Crippen molar-refractivity contribution >= 4 is 28.7 Å². The Morgan fingerprint density at radius 3 is 2.60 bits per heavy atom. The summed E-state index contributed by atoms with van der Waals surface area (Å²) in [4.78, 5) is 45.1. The SMILES string of the molecule is O=C(c1cc2ccccc2[nH]1)N1CCCC2(C1)NC(=O)N(Cc1ccccc1)C2=O. The van der Waals surface area contributed by atoms with Crippen LogP contribution >= 0.6 is 0 Å². The number of nitrogens with zero attached hydrogens (tertiary/aromatic N) is 2. The van der Waals surface area contributed by atoms with Gasteiger partial charge in [0.2, 0.25) is 0 Å². The Morgan fingerprint density at radius 2 is 1.80 bits per heavy atom. The molecule has 2 aromatic carbocycles. The van der Waals surface area contributed by atoms with Crippen LogP contribution in [0.25, 0.3) is 10.9 Å². The van der Waals surface area contributed by atoms with Crippen molar-refractivity contribution in [2.24, 2.45) is 0 Å². The summed E-state index contributed by atoms with van der Waals surface area (Å²) < 4.78 is 0. The second-order valence-electron chi connectivity index (χ2n) is 7.99. The number of urea groups is 1. The monoisotopic (exact) mass is 402 g/mol. The fourth-order valence-electron chi connectivity index (χ4n) is 4.45. The summed E-state index contributed by atoms with van der Waals surface area (Å²) in [5, 5.41) is 3.85. The molecule has 2 aliphatic heterocycles. The molecule has 0 bridgehead atoms. The molecule has 1 spiro atoms. The molecule has 4 amide bonds. The molecule has 1 atom stereocenters. The number of para-hydroxylation sites is 1. The number of carbonyl (C=O) groups excluding carboxylic acids is 3. The van der Waals surface area contributed by atoms with E-state index in [-0.39, 0.29) is 24.9 Å². The van der Waals surface area contributed by atoms with Crippen molar-refractivity contribution < 1.29 is 14.4 Å². The average Bonchev–Trinajstić information content (AvgIpc) is 3.29. The molecule has 0 saturated carbocycles. The van der Waals surface area contributed by atoms with E-state index in [4.69, 9.17) is 0 Å². The second kappa shape index (κ2) is 7.02. The smallest absolute Gasteiger partial charge is 0.325 e. The normalized spacial score (nSPS) is 21.5. The summed E-state index contributed by atoms with van der Waals surface area (Å²) >= 11 is 0. The van der Waals surface area contributed by atoms with E-state index in [1.165, 1.54) is 4.90 Å². The van der Waals surface area contributed by atoms with Crippen LogP contribution in [0.1, 0.15) is 28.9 Å². The quantitative estimate of drug-likeness (QED) is 0.661. The topological polar surface area (TPSA) is 85.5 Å². The number of hydrogen-bond donors (Lipinski definition) is 2. The van der Waals surface area contributed by atoms with Gasteiger partial charge >= 0.3 is 6.03 Å². The van der Waals surface area contributed by atoms with Crippen molar-refractivity contribution in [2.75, 3.05) is 13.1 Å². The first kappa shape index (κ1) is 18.4. The molecular formula is C23H22N4O3. The molecule has 5 rings (SSSR count). The highest BCUT2D eigenvalue weighted by Gasteiger charge is 2.53. The summed E-state index contributed by atoms with van der Waals surface area (Å²) in [6.45, 7) is 0.956. The fourth-order valence-corrected chi connectivity index (χ4v) is 4.45. The van der Waals surface area contributed by atoms with Gasteiger partial charge in [0.25, 0.3) is 11.8 Å². The summed E-state index contributed by atoms with van der Waals surface area (Å²) in [5.74, 6) is -0.417.